The summed E-state index contributed by atoms with van der Waals surface area (Å²) in [5, 5.41) is 3.01. The molecule has 28 heavy (non-hydrogen) atoms. The maximum Gasteiger partial charge on any atom is 0.253 e. The van der Waals surface area contributed by atoms with Crippen molar-refractivity contribution in [1.82, 2.24) is 4.90 Å². The Balaban J connectivity index is 1.35. The molecule has 6 nitrogen and oxygen atoms in total. The summed E-state index contributed by atoms with van der Waals surface area (Å²) in [5.41, 5.74) is 3.12. The maximum atomic E-state index is 13.1. The molecule has 144 valence electrons. The maximum absolute atomic E-state index is 13.1. The third-order valence-corrected chi connectivity index (χ3v) is 6.33. The minimum atomic E-state index is -0.505. The van der Waals surface area contributed by atoms with E-state index in [4.69, 9.17) is 4.74 Å². The van der Waals surface area contributed by atoms with Gasteiger partial charge in [0, 0.05) is 31.4 Å². The molecule has 1 N–H and O–H groups in total. The average Bonchev–Trinajstić information content (AvgIpc) is 2.99. The second kappa shape index (κ2) is 6.26. The Labute approximate surface area is 164 Å². The molecule has 0 atom stereocenters. The third-order valence-electron chi connectivity index (χ3n) is 6.33. The number of likely N-dealkylation sites (N-methyl/N-ethyl adjacent to an activating group) is 1. The van der Waals surface area contributed by atoms with Crippen molar-refractivity contribution in [2.75, 3.05) is 43.5 Å². The molecule has 0 bridgehead atoms. The normalized spacial score (nSPS) is 19.7. The van der Waals surface area contributed by atoms with Crippen LogP contribution in [0.5, 0.6) is 5.75 Å². The lowest BCUT2D eigenvalue weighted by molar-refractivity contribution is -0.122. The van der Waals surface area contributed by atoms with Gasteiger partial charge >= 0.3 is 0 Å². The van der Waals surface area contributed by atoms with Crippen molar-refractivity contribution in [3.05, 3.63) is 53.6 Å². The zero-order chi connectivity index (χ0) is 19.3. The van der Waals surface area contributed by atoms with E-state index in [1.54, 1.807) is 0 Å². The Morgan fingerprint density at radius 3 is 2.71 bits per heavy atom. The predicted molar refractivity (Wildman–Crippen MR) is 107 cm³/mol. The largest absolute Gasteiger partial charge is 0.490 e. The van der Waals surface area contributed by atoms with Gasteiger partial charge in [0.05, 0.1) is 17.6 Å². The number of amides is 2. The van der Waals surface area contributed by atoms with E-state index >= 15 is 0 Å². The third kappa shape index (κ3) is 2.47. The van der Waals surface area contributed by atoms with Crippen LogP contribution in [0.1, 0.15) is 28.8 Å². The molecular formula is C22H23N3O3. The van der Waals surface area contributed by atoms with Crippen molar-refractivity contribution in [2.24, 2.45) is 0 Å². The van der Waals surface area contributed by atoms with Gasteiger partial charge in [-0.05, 0) is 42.7 Å². The topological polar surface area (TPSA) is 61.9 Å². The van der Waals surface area contributed by atoms with E-state index in [0.29, 0.717) is 38.1 Å². The molecule has 1 spiro atoms. The molecule has 0 aromatic heterocycles. The number of likely N-dealkylation sites (tertiary alicyclic amines) is 1. The fourth-order valence-electron chi connectivity index (χ4n) is 4.64. The van der Waals surface area contributed by atoms with Crippen LogP contribution in [-0.2, 0) is 10.2 Å². The van der Waals surface area contributed by atoms with E-state index in [1.165, 1.54) is 0 Å². The molecular weight excluding hydrogens is 354 g/mol. The number of benzene rings is 2. The SMILES string of the molecule is CN1CCOc2cc(C(=O)N3CCC4(CC3)C(=O)Nc3ccccc34)ccc21. The van der Waals surface area contributed by atoms with Crippen LogP contribution < -0.4 is 15.0 Å². The number of nitrogens with zero attached hydrogens (tertiary/aromatic N) is 2. The second-order valence-corrected chi connectivity index (χ2v) is 7.83. The molecule has 1 fully saturated rings. The number of nitrogens with one attached hydrogen (secondary N) is 1. The van der Waals surface area contributed by atoms with E-state index in [9.17, 15) is 9.59 Å². The first-order chi connectivity index (χ1) is 13.6. The van der Waals surface area contributed by atoms with Crippen LogP contribution >= 0.6 is 0 Å². The molecule has 3 aliphatic rings. The van der Waals surface area contributed by atoms with Gasteiger partial charge in [0.1, 0.15) is 12.4 Å². The van der Waals surface area contributed by atoms with Gasteiger partial charge in [-0.1, -0.05) is 18.2 Å². The van der Waals surface area contributed by atoms with Gasteiger partial charge in [-0.25, -0.2) is 0 Å². The van der Waals surface area contributed by atoms with E-state index in [0.717, 1.165) is 29.2 Å². The molecule has 0 radical (unpaired) electrons. The van der Waals surface area contributed by atoms with E-state index in [1.807, 2.05) is 54.4 Å². The molecule has 5 rings (SSSR count). The van der Waals surface area contributed by atoms with Gasteiger partial charge in [-0.2, -0.15) is 0 Å². The monoisotopic (exact) mass is 377 g/mol. The lowest BCUT2D eigenvalue weighted by Gasteiger charge is -2.38. The molecule has 3 heterocycles. The number of rotatable bonds is 1. The number of piperidine rings is 1. The highest BCUT2D eigenvalue weighted by Gasteiger charge is 2.48. The summed E-state index contributed by atoms with van der Waals surface area (Å²) in [6.07, 6.45) is 1.29. The molecule has 0 aliphatic carbocycles. The Morgan fingerprint density at radius 2 is 1.89 bits per heavy atom. The van der Waals surface area contributed by atoms with E-state index < -0.39 is 5.41 Å². The van der Waals surface area contributed by atoms with Crippen molar-refractivity contribution in [2.45, 2.75) is 18.3 Å². The number of hydrogen-bond acceptors (Lipinski definition) is 4. The molecule has 2 aromatic rings. The van der Waals surface area contributed by atoms with Crippen molar-refractivity contribution in [1.29, 1.82) is 0 Å². The zero-order valence-electron chi connectivity index (χ0n) is 15.9. The van der Waals surface area contributed by atoms with Crippen LogP contribution in [0.15, 0.2) is 42.5 Å². The van der Waals surface area contributed by atoms with E-state index in [-0.39, 0.29) is 11.8 Å². The van der Waals surface area contributed by atoms with Crippen LogP contribution in [0, 0.1) is 0 Å². The fraction of sp³-hybridized carbons (Fsp3) is 0.364. The van der Waals surface area contributed by atoms with Crippen LogP contribution in [-0.4, -0.2) is 50.0 Å². The number of carbonyl (C=O) groups excluding carboxylic acids is 2. The van der Waals surface area contributed by atoms with Gasteiger partial charge < -0.3 is 19.9 Å². The number of para-hydroxylation sites is 1. The zero-order valence-corrected chi connectivity index (χ0v) is 15.9. The highest BCUT2D eigenvalue weighted by Crippen LogP contribution is 2.45. The lowest BCUT2D eigenvalue weighted by Crippen LogP contribution is -2.48. The minimum absolute atomic E-state index is 0.00108. The van der Waals surface area contributed by atoms with Crippen molar-refractivity contribution in [3.63, 3.8) is 0 Å². The smallest absolute Gasteiger partial charge is 0.253 e. The van der Waals surface area contributed by atoms with Gasteiger partial charge in [-0.3, -0.25) is 9.59 Å². The van der Waals surface area contributed by atoms with Crippen molar-refractivity contribution < 1.29 is 14.3 Å². The first-order valence-electron chi connectivity index (χ1n) is 9.77. The Kier molecular flexibility index (Phi) is 3.82. The van der Waals surface area contributed by atoms with Crippen LogP contribution in [0.25, 0.3) is 0 Å². The van der Waals surface area contributed by atoms with Gasteiger partial charge in [-0.15, -0.1) is 0 Å². The number of ether oxygens (including phenoxy) is 1. The van der Waals surface area contributed by atoms with E-state index in [2.05, 4.69) is 10.2 Å². The lowest BCUT2D eigenvalue weighted by atomic mass is 9.73. The molecule has 2 amide bonds. The summed E-state index contributed by atoms with van der Waals surface area (Å²) in [7, 11) is 2.03. The molecule has 1 saturated heterocycles. The van der Waals surface area contributed by atoms with Crippen molar-refractivity contribution >= 4 is 23.2 Å². The fourth-order valence-corrected chi connectivity index (χ4v) is 4.64. The number of fused-ring (bicyclic) bond motifs is 3. The first-order valence-corrected chi connectivity index (χ1v) is 9.77. The predicted octanol–water partition coefficient (Wildman–Crippen LogP) is 2.64. The summed E-state index contributed by atoms with van der Waals surface area (Å²) in [5.74, 6) is 0.823. The quantitative estimate of drug-likeness (QED) is 0.830. The average molecular weight is 377 g/mol. The number of anilines is 2. The highest BCUT2D eigenvalue weighted by molar-refractivity contribution is 6.06. The summed E-state index contributed by atoms with van der Waals surface area (Å²) in [4.78, 5) is 29.8. The highest BCUT2D eigenvalue weighted by atomic mass is 16.5. The van der Waals surface area contributed by atoms with Crippen LogP contribution in [0.4, 0.5) is 11.4 Å². The Morgan fingerprint density at radius 1 is 1.11 bits per heavy atom. The number of hydrogen-bond donors (Lipinski definition) is 1. The molecule has 3 aliphatic heterocycles. The molecule has 0 unspecified atom stereocenters. The second-order valence-electron chi connectivity index (χ2n) is 7.83. The summed E-state index contributed by atoms with van der Waals surface area (Å²) < 4.78 is 5.74. The molecule has 0 saturated carbocycles. The summed E-state index contributed by atoms with van der Waals surface area (Å²) in [6.45, 7) is 2.61. The summed E-state index contributed by atoms with van der Waals surface area (Å²) >= 11 is 0. The first kappa shape index (κ1) is 17.1. The van der Waals surface area contributed by atoms with Gasteiger partial charge in [0.15, 0.2) is 0 Å². The summed E-state index contributed by atoms with van der Waals surface area (Å²) in [6, 6.07) is 13.6. The van der Waals surface area contributed by atoms with Crippen LogP contribution in [0.3, 0.4) is 0 Å². The van der Waals surface area contributed by atoms with Crippen molar-refractivity contribution in [3.8, 4) is 5.75 Å². The van der Waals surface area contributed by atoms with Crippen LogP contribution in [0.2, 0.25) is 0 Å². The molecule has 6 heteroatoms. The number of carbonyl (C=O) groups is 2. The van der Waals surface area contributed by atoms with Gasteiger partial charge in [0.2, 0.25) is 5.91 Å². The Hall–Kier alpha value is -3.02. The Bertz CT molecular complexity index is 963. The molecule has 2 aromatic carbocycles. The standard InChI is InChI=1S/C22H23N3O3/c1-24-12-13-28-19-14-15(6-7-18(19)24)20(26)25-10-8-22(9-11-25)16-4-2-3-5-17(16)23-21(22)27/h2-7,14H,8-13H2,1H3,(H,23,27). The van der Waals surface area contributed by atoms with Gasteiger partial charge in [0.25, 0.3) is 5.91 Å². The minimum Gasteiger partial charge on any atom is -0.490 e.